The van der Waals surface area contributed by atoms with Crippen molar-refractivity contribution in [3.63, 3.8) is 0 Å². The minimum absolute atomic E-state index is 0.00704. The van der Waals surface area contributed by atoms with Gasteiger partial charge in [-0.15, -0.1) is 11.6 Å². The van der Waals surface area contributed by atoms with Crippen LogP contribution in [0.5, 0.6) is 0 Å². The number of ether oxygens (including phenoxy) is 2. The van der Waals surface area contributed by atoms with Crippen LogP contribution in [0.3, 0.4) is 0 Å². The molecule has 4 aliphatic rings. The van der Waals surface area contributed by atoms with E-state index in [0.29, 0.717) is 19.3 Å². The number of hydrogen-bond acceptors (Lipinski definition) is 6. The molecule has 4 aliphatic carbocycles. The number of halogens is 1. The lowest BCUT2D eigenvalue weighted by Crippen LogP contribution is -2.63. The van der Waals surface area contributed by atoms with Gasteiger partial charge >= 0.3 is 11.9 Å². The van der Waals surface area contributed by atoms with Gasteiger partial charge in [-0.05, 0) is 69.6 Å². The van der Waals surface area contributed by atoms with Crippen molar-refractivity contribution in [2.45, 2.75) is 66.2 Å². The highest BCUT2D eigenvalue weighted by molar-refractivity contribution is 6.21. The molecule has 0 radical (unpaired) electrons. The van der Waals surface area contributed by atoms with E-state index in [1.54, 1.807) is 20.8 Å². The maximum absolute atomic E-state index is 14.1. The molecule has 0 saturated heterocycles. The van der Waals surface area contributed by atoms with Crippen molar-refractivity contribution < 1.29 is 29.0 Å². The fourth-order valence-corrected chi connectivity index (χ4v) is 8.41. The van der Waals surface area contributed by atoms with Gasteiger partial charge in [-0.3, -0.25) is 9.59 Å². The van der Waals surface area contributed by atoms with E-state index in [4.69, 9.17) is 21.1 Å². The van der Waals surface area contributed by atoms with Crippen LogP contribution in [0.25, 0.3) is 0 Å². The molecule has 0 heterocycles. The number of alkyl halides is 1. The number of aliphatic hydroxyl groups is 1. The Bertz CT molecular complexity index is 890. The third-order valence-electron chi connectivity index (χ3n) is 9.44. The summed E-state index contributed by atoms with van der Waals surface area (Å²) in [5, 5.41) is 10.8. The molecule has 4 bridgehead atoms. The summed E-state index contributed by atoms with van der Waals surface area (Å²) in [7, 11) is 0. The first-order valence-electron chi connectivity index (χ1n) is 12.1. The minimum atomic E-state index is -1.27. The zero-order valence-electron chi connectivity index (χ0n) is 20.5. The lowest BCUT2D eigenvalue weighted by molar-refractivity contribution is -0.201. The van der Waals surface area contributed by atoms with E-state index in [1.807, 2.05) is 13.8 Å². The Labute approximate surface area is 201 Å². The minimum Gasteiger partial charge on any atom is -0.427 e. The van der Waals surface area contributed by atoms with Crippen LogP contribution in [0.4, 0.5) is 0 Å². The summed E-state index contributed by atoms with van der Waals surface area (Å²) >= 11 is 6.70. The maximum Gasteiger partial charge on any atom is 0.320 e. The summed E-state index contributed by atoms with van der Waals surface area (Å²) in [4.78, 5) is 39.4. The van der Waals surface area contributed by atoms with Crippen LogP contribution in [-0.2, 0) is 23.9 Å². The quantitative estimate of drug-likeness (QED) is 0.202. The number of hydrogen-bond donors (Lipinski definition) is 1. The number of fused-ring (bicyclic) bond motifs is 2. The second-order valence-corrected chi connectivity index (χ2v) is 12.7. The fraction of sp³-hybridized carbons (Fsp3) is 0.808. The van der Waals surface area contributed by atoms with Crippen molar-refractivity contribution in [3.8, 4) is 0 Å². The van der Waals surface area contributed by atoms with E-state index < -0.39 is 40.4 Å². The molecule has 184 valence electrons. The molecular weight excluding hydrogens is 444 g/mol. The molecule has 0 spiro atoms. The summed E-state index contributed by atoms with van der Waals surface area (Å²) in [6.45, 7) is 10.6. The average molecular weight is 481 g/mol. The first-order chi connectivity index (χ1) is 15.3. The van der Waals surface area contributed by atoms with Crippen LogP contribution in [-0.4, -0.2) is 42.1 Å². The predicted molar refractivity (Wildman–Crippen MR) is 123 cm³/mol. The highest BCUT2D eigenvalue weighted by atomic mass is 35.5. The van der Waals surface area contributed by atoms with Crippen molar-refractivity contribution >= 4 is 29.8 Å². The molecule has 3 saturated carbocycles. The topological polar surface area (TPSA) is 89.9 Å². The number of aliphatic hydroxyl groups excluding tert-OH is 1. The first kappa shape index (κ1) is 24.7. The molecular formula is C26H37ClO6. The Kier molecular flexibility index (Phi) is 5.85. The molecule has 3 fully saturated rings. The molecule has 0 aromatic rings. The van der Waals surface area contributed by atoms with Crippen LogP contribution in [0.1, 0.15) is 60.8 Å². The summed E-state index contributed by atoms with van der Waals surface area (Å²) in [6, 6.07) is 0. The summed E-state index contributed by atoms with van der Waals surface area (Å²) in [5.41, 5.74) is -2.92. The number of esters is 2. The Morgan fingerprint density at radius 2 is 1.94 bits per heavy atom. The maximum atomic E-state index is 14.1. The van der Waals surface area contributed by atoms with E-state index in [0.717, 1.165) is 11.9 Å². The Hall–Kier alpha value is -1.40. The zero-order chi connectivity index (χ0) is 24.6. The van der Waals surface area contributed by atoms with Gasteiger partial charge in [-0.25, -0.2) is 0 Å². The van der Waals surface area contributed by atoms with Crippen LogP contribution in [0.15, 0.2) is 11.6 Å². The molecule has 8 atom stereocenters. The predicted octanol–water partition coefficient (Wildman–Crippen LogP) is 4.13. The number of aldehydes is 1. The van der Waals surface area contributed by atoms with Crippen molar-refractivity contribution in [3.05, 3.63) is 11.6 Å². The van der Waals surface area contributed by atoms with Gasteiger partial charge in [0.2, 0.25) is 6.79 Å². The van der Waals surface area contributed by atoms with Gasteiger partial charge < -0.3 is 19.4 Å². The summed E-state index contributed by atoms with van der Waals surface area (Å²) in [5.74, 6) is -0.815. The number of allylic oxidation sites excluding steroid dienone is 1. The molecule has 0 amide bonds. The van der Waals surface area contributed by atoms with Crippen molar-refractivity contribution in [1.82, 2.24) is 0 Å². The number of carbonyl (C=O) groups excluding carboxylic acids is 3. The molecule has 6 nitrogen and oxygen atoms in total. The molecule has 0 aliphatic heterocycles. The fourth-order valence-electron chi connectivity index (χ4n) is 8.03. The monoisotopic (exact) mass is 480 g/mol. The molecule has 0 aromatic heterocycles. The third-order valence-corrected chi connectivity index (χ3v) is 10.0. The second kappa shape index (κ2) is 7.81. The zero-order valence-corrected chi connectivity index (χ0v) is 21.3. The normalized spacial score (nSPS) is 43.3. The van der Waals surface area contributed by atoms with Crippen molar-refractivity contribution in [1.29, 1.82) is 0 Å². The lowest BCUT2D eigenvalue weighted by Gasteiger charge is -2.58. The van der Waals surface area contributed by atoms with Crippen LogP contribution in [0, 0.1) is 51.2 Å². The van der Waals surface area contributed by atoms with Crippen LogP contribution >= 0.6 is 11.6 Å². The molecule has 33 heavy (non-hydrogen) atoms. The largest absolute Gasteiger partial charge is 0.427 e. The number of carbonyl (C=O) groups is 3. The molecule has 7 unspecified atom stereocenters. The van der Waals surface area contributed by atoms with Crippen molar-refractivity contribution in [2.75, 3.05) is 13.4 Å². The van der Waals surface area contributed by atoms with E-state index in [-0.39, 0.29) is 41.6 Å². The molecule has 4 rings (SSSR count). The van der Waals surface area contributed by atoms with E-state index >= 15 is 0 Å². The van der Waals surface area contributed by atoms with Crippen LogP contribution < -0.4 is 0 Å². The van der Waals surface area contributed by atoms with Gasteiger partial charge in [-0.1, -0.05) is 32.4 Å². The van der Waals surface area contributed by atoms with E-state index in [2.05, 4.69) is 13.0 Å². The van der Waals surface area contributed by atoms with Crippen LogP contribution in [0.2, 0.25) is 0 Å². The van der Waals surface area contributed by atoms with Gasteiger partial charge in [-0.2, -0.15) is 0 Å². The van der Waals surface area contributed by atoms with E-state index in [1.165, 1.54) is 0 Å². The first-order valence-corrected chi connectivity index (χ1v) is 12.6. The molecule has 0 aromatic carbocycles. The Morgan fingerprint density at radius 3 is 2.48 bits per heavy atom. The van der Waals surface area contributed by atoms with Gasteiger partial charge in [0.05, 0.1) is 17.4 Å². The third kappa shape index (κ3) is 2.92. The number of rotatable bonds is 6. The van der Waals surface area contributed by atoms with Crippen molar-refractivity contribution in [2.24, 2.45) is 51.2 Å². The van der Waals surface area contributed by atoms with Gasteiger partial charge in [0, 0.05) is 10.8 Å². The average Bonchev–Trinajstić information content (AvgIpc) is 3.27. The second-order valence-electron chi connectivity index (χ2n) is 12.1. The highest BCUT2D eigenvalue weighted by Crippen LogP contribution is 2.82. The Balaban J connectivity index is 1.80. The Morgan fingerprint density at radius 1 is 1.27 bits per heavy atom. The highest BCUT2D eigenvalue weighted by Gasteiger charge is 2.84. The van der Waals surface area contributed by atoms with Gasteiger partial charge in [0.25, 0.3) is 0 Å². The van der Waals surface area contributed by atoms with Gasteiger partial charge in [0.1, 0.15) is 11.7 Å². The SMILES string of the molecule is CC(C)C1=C[C@H]2CC3(C=O)C4CC(Cl)C(C)C4CC2(CO)C13C(=O)OCOC(=O)C(C)(C)C. The summed E-state index contributed by atoms with van der Waals surface area (Å²) < 4.78 is 10.9. The summed E-state index contributed by atoms with van der Waals surface area (Å²) in [6.07, 6.45) is 4.91. The lowest BCUT2D eigenvalue weighted by atomic mass is 9.43. The molecule has 7 heteroatoms. The smallest absolute Gasteiger partial charge is 0.320 e. The molecule has 1 N–H and O–H groups in total. The van der Waals surface area contributed by atoms with E-state index in [9.17, 15) is 19.5 Å². The van der Waals surface area contributed by atoms with Gasteiger partial charge in [0.15, 0.2) is 0 Å². The standard InChI is InChI=1S/C26H37ClO6/c1-14(2)18-7-16-9-25(12-29)19-8-20(27)15(3)17(19)10-24(16,11-28)26(18,25)22(31)33-13-32-21(30)23(4,5)6/h7,12,14-17,19-20,28H,8-11,13H2,1-6H3/t15?,16-,17?,19?,20?,24?,25?,26?/m0/s1.